The number of rotatable bonds is 4. The fraction of sp³-hybridized carbons (Fsp3) is 0.190. The summed E-state index contributed by atoms with van der Waals surface area (Å²) in [6.45, 7) is 8.00. The van der Waals surface area contributed by atoms with Crippen LogP contribution in [0.3, 0.4) is 0 Å². The molecule has 142 valence electrons. The van der Waals surface area contributed by atoms with Gasteiger partial charge in [-0.1, -0.05) is 58.0 Å². The van der Waals surface area contributed by atoms with E-state index in [0.29, 0.717) is 10.7 Å². The van der Waals surface area contributed by atoms with Crippen molar-refractivity contribution in [1.82, 2.24) is 4.98 Å². The quantitative estimate of drug-likeness (QED) is 0.594. The summed E-state index contributed by atoms with van der Waals surface area (Å²) in [6.07, 6.45) is 0. The molecule has 3 rings (SSSR count). The number of hydrogen-bond donors (Lipinski definition) is 2. The molecule has 0 spiro atoms. The van der Waals surface area contributed by atoms with Gasteiger partial charge in [-0.05, 0) is 24.3 Å². The molecule has 0 atom stereocenters. The Kier molecular flexibility index (Phi) is 9.47. The molecule has 6 heteroatoms. The summed E-state index contributed by atoms with van der Waals surface area (Å²) in [5.41, 5.74) is 2.30. The molecule has 0 saturated heterocycles. The number of nitrogens with one attached hydrogen (secondary N) is 1. The number of carbonyl (C=O) groups excluding carboxylic acids is 1. The van der Waals surface area contributed by atoms with E-state index in [2.05, 4.69) is 10.3 Å². The number of amides is 1. The zero-order valence-corrected chi connectivity index (χ0v) is 16.7. The fourth-order valence-corrected chi connectivity index (χ4v) is 2.72. The van der Waals surface area contributed by atoms with E-state index in [1.54, 1.807) is 0 Å². The van der Waals surface area contributed by atoms with Crippen LogP contribution in [0, 0.1) is 0 Å². The minimum atomic E-state index is -1.02. The Morgan fingerprint density at radius 2 is 1.44 bits per heavy atom. The highest BCUT2D eigenvalue weighted by Gasteiger charge is 2.11. The van der Waals surface area contributed by atoms with Crippen LogP contribution in [0.4, 0.5) is 5.13 Å². The first-order chi connectivity index (χ1) is 13.1. The summed E-state index contributed by atoms with van der Waals surface area (Å²) < 4.78 is 0. The summed E-state index contributed by atoms with van der Waals surface area (Å²) in [5.74, 6) is -1.35. The van der Waals surface area contributed by atoms with Crippen molar-refractivity contribution in [1.29, 1.82) is 0 Å². The van der Waals surface area contributed by atoms with Crippen molar-refractivity contribution >= 4 is 28.3 Å². The zero-order valence-electron chi connectivity index (χ0n) is 15.9. The molecule has 1 amide bonds. The number of hydrogen-bond acceptors (Lipinski definition) is 4. The molecule has 0 aliphatic rings. The summed E-state index contributed by atoms with van der Waals surface area (Å²) in [5, 5.41) is 13.9. The molecule has 0 radical (unpaired) electrons. The Morgan fingerprint density at radius 3 is 2.00 bits per heavy atom. The molecule has 3 aromatic rings. The third kappa shape index (κ3) is 6.34. The van der Waals surface area contributed by atoms with Gasteiger partial charge in [-0.15, -0.1) is 11.3 Å². The smallest absolute Gasteiger partial charge is 0.335 e. The molecule has 27 heavy (non-hydrogen) atoms. The molecular weight excluding hydrogens is 360 g/mol. The molecule has 1 heterocycles. The lowest BCUT2D eigenvalue weighted by Crippen LogP contribution is -2.12. The van der Waals surface area contributed by atoms with Crippen LogP contribution in [0.25, 0.3) is 11.3 Å². The third-order valence-corrected chi connectivity index (χ3v) is 3.95. The number of anilines is 1. The molecule has 0 fully saturated rings. The van der Waals surface area contributed by atoms with Crippen LogP contribution >= 0.6 is 11.3 Å². The maximum Gasteiger partial charge on any atom is 0.335 e. The van der Waals surface area contributed by atoms with Gasteiger partial charge in [0.2, 0.25) is 0 Å². The molecule has 1 aromatic heterocycles. The molecule has 5 nitrogen and oxygen atoms in total. The standard InChI is InChI=1S/C17H12N2O3S.2C2H6/c20-15(12-6-8-13(9-7-12)16(21)22)19-17-18-14(10-23-17)11-4-2-1-3-5-11;2*1-2/h1-10H,(H,21,22)(H,18,19,20);2*1-2H3. The number of aromatic nitrogens is 1. The Labute approximate surface area is 163 Å². The second-order valence-electron chi connectivity index (χ2n) is 4.74. The SMILES string of the molecule is CC.CC.O=C(O)c1ccc(C(=O)Nc2nc(-c3ccccc3)cs2)cc1. The van der Waals surface area contributed by atoms with Crippen molar-refractivity contribution in [3.05, 3.63) is 71.1 Å². The average Bonchev–Trinajstić information content (AvgIpc) is 3.20. The first-order valence-corrected chi connectivity index (χ1v) is 9.67. The zero-order chi connectivity index (χ0) is 20.2. The van der Waals surface area contributed by atoms with Gasteiger partial charge in [-0.3, -0.25) is 10.1 Å². The second kappa shape index (κ2) is 11.6. The van der Waals surface area contributed by atoms with Crippen LogP contribution in [0.1, 0.15) is 48.4 Å². The van der Waals surface area contributed by atoms with Gasteiger partial charge in [-0.2, -0.15) is 0 Å². The van der Waals surface area contributed by atoms with Gasteiger partial charge in [0.05, 0.1) is 11.3 Å². The van der Waals surface area contributed by atoms with Crippen molar-refractivity contribution in [2.75, 3.05) is 5.32 Å². The van der Waals surface area contributed by atoms with Crippen molar-refractivity contribution in [3.63, 3.8) is 0 Å². The average molecular weight is 385 g/mol. The molecular formula is C21H24N2O3S. The maximum absolute atomic E-state index is 12.1. The van der Waals surface area contributed by atoms with E-state index < -0.39 is 5.97 Å². The molecule has 0 saturated carbocycles. The monoisotopic (exact) mass is 384 g/mol. The molecule has 0 bridgehead atoms. The van der Waals surface area contributed by atoms with Gasteiger partial charge in [0.15, 0.2) is 5.13 Å². The van der Waals surface area contributed by atoms with Crippen LogP contribution in [0.15, 0.2) is 60.0 Å². The van der Waals surface area contributed by atoms with Crippen LogP contribution < -0.4 is 5.32 Å². The summed E-state index contributed by atoms with van der Waals surface area (Å²) in [7, 11) is 0. The highest BCUT2D eigenvalue weighted by atomic mass is 32.1. The van der Waals surface area contributed by atoms with E-state index in [9.17, 15) is 9.59 Å². The van der Waals surface area contributed by atoms with Gasteiger partial charge in [-0.25, -0.2) is 9.78 Å². The molecule has 2 aromatic carbocycles. The highest BCUT2D eigenvalue weighted by Crippen LogP contribution is 2.24. The van der Waals surface area contributed by atoms with Gasteiger partial charge in [0, 0.05) is 16.5 Å². The van der Waals surface area contributed by atoms with Crippen LogP contribution in [-0.2, 0) is 0 Å². The number of carboxylic acid groups (broad SMARTS) is 1. The van der Waals surface area contributed by atoms with E-state index >= 15 is 0 Å². The molecule has 0 aliphatic carbocycles. The van der Waals surface area contributed by atoms with Gasteiger partial charge >= 0.3 is 5.97 Å². The minimum Gasteiger partial charge on any atom is -0.478 e. The van der Waals surface area contributed by atoms with E-state index in [-0.39, 0.29) is 11.5 Å². The van der Waals surface area contributed by atoms with E-state index in [0.717, 1.165) is 11.3 Å². The van der Waals surface area contributed by atoms with Gasteiger partial charge < -0.3 is 5.11 Å². The van der Waals surface area contributed by atoms with E-state index in [4.69, 9.17) is 5.11 Å². The summed E-state index contributed by atoms with van der Waals surface area (Å²) in [4.78, 5) is 27.3. The van der Waals surface area contributed by atoms with Crippen LogP contribution in [0.2, 0.25) is 0 Å². The molecule has 0 aliphatic heterocycles. The lowest BCUT2D eigenvalue weighted by molar-refractivity contribution is 0.0696. The first kappa shape index (κ1) is 22.1. The lowest BCUT2D eigenvalue weighted by atomic mass is 10.1. The predicted molar refractivity (Wildman–Crippen MR) is 112 cm³/mol. The van der Waals surface area contributed by atoms with Crippen molar-refractivity contribution < 1.29 is 14.7 Å². The number of nitrogens with zero attached hydrogens (tertiary/aromatic N) is 1. The summed E-state index contributed by atoms with van der Waals surface area (Å²) >= 11 is 1.34. The van der Waals surface area contributed by atoms with E-state index in [1.165, 1.54) is 35.6 Å². The largest absolute Gasteiger partial charge is 0.478 e. The summed E-state index contributed by atoms with van der Waals surface area (Å²) in [6, 6.07) is 15.4. The normalized spacial score (nSPS) is 9.19. The Hall–Kier alpha value is -2.99. The fourth-order valence-electron chi connectivity index (χ4n) is 2.01. The lowest BCUT2D eigenvalue weighted by Gasteiger charge is -2.02. The Bertz CT molecular complexity index is 843. The van der Waals surface area contributed by atoms with Gasteiger partial charge in [0.25, 0.3) is 5.91 Å². The molecule has 2 N–H and O–H groups in total. The van der Waals surface area contributed by atoms with Crippen LogP contribution in [-0.4, -0.2) is 22.0 Å². The number of aromatic carboxylic acids is 1. The van der Waals surface area contributed by atoms with E-state index in [1.807, 2.05) is 63.4 Å². The number of carboxylic acids is 1. The Morgan fingerprint density at radius 1 is 0.889 bits per heavy atom. The topological polar surface area (TPSA) is 79.3 Å². The second-order valence-corrected chi connectivity index (χ2v) is 5.60. The number of benzene rings is 2. The van der Waals surface area contributed by atoms with Crippen molar-refractivity contribution in [2.24, 2.45) is 0 Å². The third-order valence-electron chi connectivity index (χ3n) is 3.19. The maximum atomic E-state index is 12.1. The first-order valence-electron chi connectivity index (χ1n) is 8.79. The van der Waals surface area contributed by atoms with Gasteiger partial charge in [0.1, 0.15) is 0 Å². The number of carbonyl (C=O) groups is 2. The molecule has 0 unspecified atom stereocenters. The van der Waals surface area contributed by atoms with Crippen molar-refractivity contribution in [2.45, 2.75) is 27.7 Å². The Balaban J connectivity index is 0.000000855. The number of thiazole rings is 1. The highest BCUT2D eigenvalue weighted by molar-refractivity contribution is 7.14. The minimum absolute atomic E-state index is 0.141. The van der Waals surface area contributed by atoms with Crippen LogP contribution in [0.5, 0.6) is 0 Å². The van der Waals surface area contributed by atoms with Crippen molar-refractivity contribution in [3.8, 4) is 11.3 Å². The predicted octanol–water partition coefficient (Wildman–Crippen LogP) is 5.81.